The Morgan fingerprint density at radius 2 is 1.92 bits per heavy atom. The molecule has 0 radical (unpaired) electrons. The predicted molar refractivity (Wildman–Crippen MR) is 102 cm³/mol. The van der Waals surface area contributed by atoms with Crippen LogP contribution in [0.15, 0.2) is 39.9 Å². The van der Waals surface area contributed by atoms with E-state index in [2.05, 4.69) is 0 Å². The van der Waals surface area contributed by atoms with E-state index in [-0.39, 0.29) is 17.2 Å². The molecule has 4 rings (SSSR count). The van der Waals surface area contributed by atoms with Crippen molar-refractivity contribution in [2.45, 2.75) is 33.4 Å². The van der Waals surface area contributed by atoms with Gasteiger partial charge in [-0.3, -0.25) is 14.2 Å². The van der Waals surface area contributed by atoms with Crippen molar-refractivity contribution in [1.82, 2.24) is 14.0 Å². The quantitative estimate of drug-likeness (QED) is 0.695. The van der Waals surface area contributed by atoms with Crippen LogP contribution in [-0.4, -0.2) is 26.5 Å². The number of thiophene rings is 1. The maximum Gasteiger partial charge on any atom is 0.336 e. The fourth-order valence-electron chi connectivity index (χ4n) is 3.56. The van der Waals surface area contributed by atoms with Crippen molar-refractivity contribution in [3.63, 3.8) is 0 Å². The molecule has 26 heavy (non-hydrogen) atoms. The third-order valence-electron chi connectivity index (χ3n) is 4.90. The van der Waals surface area contributed by atoms with Crippen LogP contribution < -0.4 is 11.2 Å². The second kappa shape index (κ2) is 6.25. The summed E-state index contributed by atoms with van der Waals surface area (Å²) in [7, 11) is 0. The van der Waals surface area contributed by atoms with Crippen molar-refractivity contribution in [3.8, 4) is 5.69 Å². The molecule has 2 aromatic heterocycles. The molecule has 0 atom stereocenters. The fraction of sp³-hybridized carbons (Fsp3) is 0.316. The van der Waals surface area contributed by atoms with Gasteiger partial charge in [0.05, 0.1) is 17.6 Å². The van der Waals surface area contributed by atoms with Crippen LogP contribution in [0.1, 0.15) is 24.3 Å². The highest BCUT2D eigenvalue weighted by Gasteiger charge is 2.27. The first-order chi connectivity index (χ1) is 12.5. The van der Waals surface area contributed by atoms with Gasteiger partial charge in [0.1, 0.15) is 4.83 Å². The number of aromatic nitrogens is 2. The first-order valence-corrected chi connectivity index (χ1v) is 9.45. The van der Waals surface area contributed by atoms with Gasteiger partial charge in [-0.15, -0.1) is 11.3 Å². The number of hydrogen-bond acceptors (Lipinski definition) is 4. The van der Waals surface area contributed by atoms with Crippen molar-refractivity contribution in [3.05, 3.63) is 61.6 Å². The molecule has 1 aromatic carbocycles. The van der Waals surface area contributed by atoms with Gasteiger partial charge >= 0.3 is 5.69 Å². The standard InChI is InChI=1S/C19H19N3O3S/c1-3-21-18-16(14-9-10-20(12(2)23)11-15(14)26-18)17(24)22(19(21)25)13-7-5-4-6-8-13/h4-8H,3,9-11H2,1-2H3. The number of carbonyl (C=O) groups excluding carboxylic acids is 1. The number of carbonyl (C=O) groups is 1. The van der Waals surface area contributed by atoms with Gasteiger partial charge in [-0.2, -0.15) is 0 Å². The normalized spacial score (nSPS) is 13.8. The summed E-state index contributed by atoms with van der Waals surface area (Å²) >= 11 is 1.46. The third kappa shape index (κ3) is 2.42. The Bertz CT molecular complexity index is 1120. The summed E-state index contributed by atoms with van der Waals surface area (Å²) in [4.78, 5) is 41.4. The van der Waals surface area contributed by atoms with Crippen molar-refractivity contribution in [1.29, 1.82) is 0 Å². The lowest BCUT2D eigenvalue weighted by Gasteiger charge is -2.25. The van der Waals surface area contributed by atoms with Crippen LogP contribution in [0.25, 0.3) is 15.9 Å². The van der Waals surface area contributed by atoms with E-state index in [0.29, 0.717) is 42.0 Å². The SMILES string of the molecule is CCn1c(=O)n(-c2ccccc2)c(=O)c2c3c(sc21)CN(C(C)=O)CC3. The summed E-state index contributed by atoms with van der Waals surface area (Å²) < 4.78 is 2.92. The second-order valence-corrected chi connectivity index (χ2v) is 7.46. The first kappa shape index (κ1) is 16.8. The Hall–Kier alpha value is -2.67. The molecule has 0 fully saturated rings. The molecule has 0 spiro atoms. The zero-order valence-corrected chi connectivity index (χ0v) is 15.5. The van der Waals surface area contributed by atoms with Crippen LogP contribution in [-0.2, 0) is 24.3 Å². The van der Waals surface area contributed by atoms with E-state index in [9.17, 15) is 14.4 Å². The molecule has 0 bridgehead atoms. The minimum atomic E-state index is -0.321. The zero-order valence-electron chi connectivity index (χ0n) is 14.7. The van der Waals surface area contributed by atoms with Crippen molar-refractivity contribution in [2.75, 3.05) is 6.54 Å². The van der Waals surface area contributed by atoms with E-state index < -0.39 is 0 Å². The first-order valence-electron chi connectivity index (χ1n) is 8.64. The Balaban J connectivity index is 2.05. The van der Waals surface area contributed by atoms with Crippen molar-refractivity contribution < 1.29 is 4.79 Å². The number of para-hydroxylation sites is 1. The maximum atomic E-state index is 13.2. The highest BCUT2D eigenvalue weighted by molar-refractivity contribution is 7.18. The van der Waals surface area contributed by atoms with E-state index in [1.165, 1.54) is 15.9 Å². The van der Waals surface area contributed by atoms with E-state index in [4.69, 9.17) is 0 Å². The highest BCUT2D eigenvalue weighted by Crippen LogP contribution is 2.33. The topological polar surface area (TPSA) is 64.3 Å². The molecule has 0 aliphatic carbocycles. The largest absolute Gasteiger partial charge is 0.337 e. The monoisotopic (exact) mass is 369 g/mol. The summed E-state index contributed by atoms with van der Waals surface area (Å²) in [6, 6.07) is 9.02. The Kier molecular flexibility index (Phi) is 4.03. The third-order valence-corrected chi connectivity index (χ3v) is 6.14. The Morgan fingerprint density at radius 1 is 1.19 bits per heavy atom. The van der Waals surface area contributed by atoms with Gasteiger partial charge in [-0.05, 0) is 31.0 Å². The zero-order chi connectivity index (χ0) is 18.4. The van der Waals surface area contributed by atoms with Crippen LogP contribution in [0.5, 0.6) is 0 Å². The molecule has 0 unspecified atom stereocenters. The van der Waals surface area contributed by atoms with Crippen LogP contribution in [0.2, 0.25) is 0 Å². The molecular weight excluding hydrogens is 350 g/mol. The number of benzene rings is 1. The van der Waals surface area contributed by atoms with Crippen LogP contribution in [0.4, 0.5) is 0 Å². The molecule has 0 N–H and O–H groups in total. The molecule has 6 nitrogen and oxygen atoms in total. The molecule has 0 saturated carbocycles. The molecular formula is C19H19N3O3S. The van der Waals surface area contributed by atoms with E-state index in [1.54, 1.807) is 28.5 Å². The Labute approximate surface area is 153 Å². The predicted octanol–water partition coefficient (Wildman–Crippen LogP) is 2.14. The molecule has 1 amide bonds. The number of amides is 1. The number of hydrogen-bond donors (Lipinski definition) is 0. The van der Waals surface area contributed by atoms with Crippen LogP contribution >= 0.6 is 11.3 Å². The number of rotatable bonds is 2. The molecule has 7 heteroatoms. The lowest BCUT2D eigenvalue weighted by atomic mass is 10.1. The average molecular weight is 369 g/mol. The van der Waals surface area contributed by atoms with Crippen molar-refractivity contribution >= 4 is 27.5 Å². The van der Waals surface area contributed by atoms with Gasteiger partial charge in [-0.1, -0.05) is 18.2 Å². The number of nitrogens with zero attached hydrogens (tertiary/aromatic N) is 3. The minimum Gasteiger partial charge on any atom is -0.337 e. The number of fused-ring (bicyclic) bond motifs is 3. The van der Waals surface area contributed by atoms with Gasteiger partial charge in [0.15, 0.2) is 0 Å². The lowest BCUT2D eigenvalue weighted by molar-refractivity contribution is -0.129. The molecule has 3 aromatic rings. The lowest BCUT2D eigenvalue weighted by Crippen LogP contribution is -2.39. The van der Waals surface area contributed by atoms with Gasteiger partial charge in [0.25, 0.3) is 5.56 Å². The molecule has 1 aliphatic rings. The van der Waals surface area contributed by atoms with Gasteiger partial charge < -0.3 is 4.90 Å². The second-order valence-electron chi connectivity index (χ2n) is 6.38. The van der Waals surface area contributed by atoms with Gasteiger partial charge in [0, 0.05) is 24.9 Å². The van der Waals surface area contributed by atoms with E-state index >= 15 is 0 Å². The Morgan fingerprint density at radius 3 is 2.58 bits per heavy atom. The minimum absolute atomic E-state index is 0.0303. The summed E-state index contributed by atoms with van der Waals surface area (Å²) in [6.07, 6.45) is 0.640. The van der Waals surface area contributed by atoms with Crippen LogP contribution in [0.3, 0.4) is 0 Å². The summed E-state index contributed by atoms with van der Waals surface area (Å²) in [5, 5.41) is 0.624. The molecule has 1 aliphatic heterocycles. The highest BCUT2D eigenvalue weighted by atomic mass is 32.1. The summed E-state index contributed by atoms with van der Waals surface area (Å²) in [5.41, 5.74) is 0.972. The van der Waals surface area contributed by atoms with E-state index in [1.807, 2.05) is 25.1 Å². The smallest absolute Gasteiger partial charge is 0.336 e. The molecule has 3 heterocycles. The number of aryl methyl sites for hydroxylation is 1. The van der Waals surface area contributed by atoms with Gasteiger partial charge in [-0.25, -0.2) is 9.36 Å². The molecule has 134 valence electrons. The average Bonchev–Trinajstić information content (AvgIpc) is 3.01. The maximum absolute atomic E-state index is 13.2. The summed E-state index contributed by atoms with van der Waals surface area (Å²) in [5.74, 6) is 0.0303. The van der Waals surface area contributed by atoms with Crippen molar-refractivity contribution in [2.24, 2.45) is 0 Å². The van der Waals surface area contributed by atoms with Crippen LogP contribution in [0, 0.1) is 0 Å². The molecule has 0 saturated heterocycles. The fourth-order valence-corrected chi connectivity index (χ4v) is 4.97. The summed E-state index contributed by atoms with van der Waals surface area (Å²) in [6.45, 7) is 5.05. The van der Waals surface area contributed by atoms with E-state index in [0.717, 1.165) is 10.4 Å². The van der Waals surface area contributed by atoms with Gasteiger partial charge in [0.2, 0.25) is 5.91 Å².